The van der Waals surface area contributed by atoms with Crippen molar-refractivity contribution >= 4 is 16.5 Å². The Morgan fingerprint density at radius 2 is 1.52 bits per heavy atom. The zero-order valence-corrected chi connectivity index (χ0v) is 12.9. The number of rotatable bonds is 1. The molecule has 0 saturated heterocycles. The number of alkyl halides is 3. The Morgan fingerprint density at radius 1 is 0.905 bits per heavy atom. The van der Waals surface area contributed by atoms with E-state index in [2.05, 4.69) is 26.1 Å². The van der Waals surface area contributed by atoms with E-state index in [0.717, 1.165) is 11.3 Å². The van der Waals surface area contributed by atoms with Gasteiger partial charge in [-0.2, -0.15) is 13.2 Å². The molecule has 0 aromatic heterocycles. The first kappa shape index (κ1) is 15.7. The van der Waals surface area contributed by atoms with Crippen molar-refractivity contribution in [1.82, 2.24) is 0 Å². The molecule has 0 amide bonds. The molecular formula is C17H20F3N. The highest BCUT2D eigenvalue weighted by atomic mass is 19.4. The second-order valence-electron chi connectivity index (χ2n) is 6.43. The summed E-state index contributed by atoms with van der Waals surface area (Å²) in [6.45, 7) is 7.85. The summed E-state index contributed by atoms with van der Waals surface area (Å²) >= 11 is 0. The van der Waals surface area contributed by atoms with Gasteiger partial charge in [0.25, 0.3) is 0 Å². The Balaban J connectivity index is 2.88. The van der Waals surface area contributed by atoms with Crippen molar-refractivity contribution in [3.05, 3.63) is 41.0 Å². The van der Waals surface area contributed by atoms with Crippen LogP contribution in [0.3, 0.4) is 0 Å². The van der Waals surface area contributed by atoms with Crippen molar-refractivity contribution in [3.63, 3.8) is 0 Å². The van der Waals surface area contributed by atoms with Gasteiger partial charge in [0.05, 0.1) is 5.56 Å². The van der Waals surface area contributed by atoms with E-state index in [4.69, 9.17) is 0 Å². The summed E-state index contributed by atoms with van der Waals surface area (Å²) < 4.78 is 39.7. The first-order valence-electron chi connectivity index (χ1n) is 6.88. The Bertz CT molecular complexity index is 679. The topological polar surface area (TPSA) is 12.0 Å². The van der Waals surface area contributed by atoms with E-state index in [0.29, 0.717) is 10.9 Å². The molecule has 0 heterocycles. The van der Waals surface area contributed by atoms with Crippen molar-refractivity contribution in [1.29, 1.82) is 0 Å². The summed E-state index contributed by atoms with van der Waals surface area (Å²) in [5.74, 6) is 0. The number of anilines is 1. The fourth-order valence-electron chi connectivity index (χ4n) is 2.62. The number of hydrogen-bond acceptors (Lipinski definition) is 1. The lowest BCUT2D eigenvalue weighted by atomic mass is 9.83. The lowest BCUT2D eigenvalue weighted by molar-refractivity contribution is -0.136. The maximum atomic E-state index is 13.2. The minimum absolute atomic E-state index is 0.144. The van der Waals surface area contributed by atoms with Gasteiger partial charge in [-0.15, -0.1) is 0 Å². The molecule has 2 aromatic carbocycles. The zero-order chi connectivity index (χ0) is 16.0. The highest BCUT2D eigenvalue weighted by molar-refractivity contribution is 5.91. The van der Waals surface area contributed by atoms with Crippen LogP contribution in [-0.4, -0.2) is 7.05 Å². The maximum absolute atomic E-state index is 13.2. The van der Waals surface area contributed by atoms with Crippen LogP contribution in [0.25, 0.3) is 10.8 Å². The standard InChI is InChI=1S/C17H20F3N/c1-10-6-11-8-14(16(2,3)4)15(21-5)9-12(11)13(7-10)17(18,19)20/h6-9,21H,1-5H3. The number of aryl methyl sites for hydroxylation is 1. The molecule has 1 nitrogen and oxygen atoms in total. The van der Waals surface area contributed by atoms with Crippen LogP contribution in [0.5, 0.6) is 0 Å². The molecule has 0 fully saturated rings. The number of nitrogens with one attached hydrogen (secondary N) is 1. The van der Waals surface area contributed by atoms with Gasteiger partial charge in [0.2, 0.25) is 0 Å². The zero-order valence-electron chi connectivity index (χ0n) is 12.9. The van der Waals surface area contributed by atoms with Gasteiger partial charge in [-0.05, 0) is 52.4 Å². The van der Waals surface area contributed by atoms with Crippen LogP contribution in [0.4, 0.5) is 18.9 Å². The quantitative estimate of drug-likeness (QED) is 0.732. The van der Waals surface area contributed by atoms with Crippen LogP contribution in [0, 0.1) is 6.92 Å². The van der Waals surface area contributed by atoms with E-state index in [1.165, 1.54) is 6.07 Å². The minimum Gasteiger partial charge on any atom is -0.388 e. The Kier molecular flexibility index (Phi) is 3.68. The Morgan fingerprint density at radius 3 is 2.00 bits per heavy atom. The van der Waals surface area contributed by atoms with E-state index in [1.54, 1.807) is 26.1 Å². The predicted molar refractivity (Wildman–Crippen MR) is 81.9 cm³/mol. The molecule has 4 heteroatoms. The van der Waals surface area contributed by atoms with E-state index in [1.807, 2.05) is 6.07 Å². The molecule has 0 unspecified atom stereocenters. The molecule has 0 aliphatic carbocycles. The van der Waals surface area contributed by atoms with Gasteiger partial charge in [-0.1, -0.05) is 26.8 Å². The third kappa shape index (κ3) is 2.99. The average molecular weight is 295 g/mol. The van der Waals surface area contributed by atoms with Gasteiger partial charge in [0, 0.05) is 12.7 Å². The van der Waals surface area contributed by atoms with Crippen molar-refractivity contribution in [2.24, 2.45) is 0 Å². The van der Waals surface area contributed by atoms with Gasteiger partial charge >= 0.3 is 6.18 Å². The van der Waals surface area contributed by atoms with E-state index in [9.17, 15) is 13.2 Å². The third-order valence-corrected chi connectivity index (χ3v) is 3.62. The van der Waals surface area contributed by atoms with Gasteiger partial charge in [0.15, 0.2) is 0 Å². The molecule has 114 valence electrons. The summed E-state index contributed by atoms with van der Waals surface area (Å²) in [4.78, 5) is 0. The van der Waals surface area contributed by atoms with Gasteiger partial charge in [-0.25, -0.2) is 0 Å². The van der Waals surface area contributed by atoms with Crippen molar-refractivity contribution < 1.29 is 13.2 Å². The SMILES string of the molecule is CNc1cc2c(C(F)(F)F)cc(C)cc2cc1C(C)(C)C. The molecule has 2 rings (SSSR count). The van der Waals surface area contributed by atoms with Gasteiger partial charge < -0.3 is 5.32 Å². The number of fused-ring (bicyclic) bond motifs is 1. The van der Waals surface area contributed by atoms with Crippen LogP contribution in [-0.2, 0) is 11.6 Å². The monoisotopic (exact) mass is 295 g/mol. The Hall–Kier alpha value is -1.71. The van der Waals surface area contributed by atoms with E-state index in [-0.39, 0.29) is 10.8 Å². The maximum Gasteiger partial charge on any atom is 0.417 e. The highest BCUT2D eigenvalue weighted by Gasteiger charge is 2.33. The van der Waals surface area contributed by atoms with Gasteiger partial charge in [0.1, 0.15) is 0 Å². The summed E-state index contributed by atoms with van der Waals surface area (Å²) in [5.41, 5.74) is 1.65. The molecule has 0 aliphatic rings. The number of benzene rings is 2. The van der Waals surface area contributed by atoms with Crippen LogP contribution >= 0.6 is 0 Å². The van der Waals surface area contributed by atoms with Crippen molar-refractivity contribution in [3.8, 4) is 0 Å². The minimum atomic E-state index is -4.35. The van der Waals surface area contributed by atoms with Crippen molar-refractivity contribution in [2.45, 2.75) is 39.3 Å². The molecule has 0 bridgehead atoms. The van der Waals surface area contributed by atoms with Crippen LogP contribution in [0.2, 0.25) is 0 Å². The largest absolute Gasteiger partial charge is 0.417 e. The Labute approximate surface area is 123 Å². The highest BCUT2D eigenvalue weighted by Crippen LogP contribution is 2.40. The second kappa shape index (κ2) is 4.93. The molecule has 0 atom stereocenters. The van der Waals surface area contributed by atoms with Crippen LogP contribution in [0.15, 0.2) is 24.3 Å². The summed E-state index contributed by atoms with van der Waals surface area (Å²) in [5, 5.41) is 3.89. The lowest BCUT2D eigenvalue weighted by Crippen LogP contribution is -2.14. The molecule has 0 spiro atoms. The number of halogens is 3. The summed E-state index contributed by atoms with van der Waals surface area (Å²) in [6, 6.07) is 6.49. The second-order valence-corrected chi connectivity index (χ2v) is 6.43. The summed E-state index contributed by atoms with van der Waals surface area (Å²) in [7, 11) is 1.73. The predicted octanol–water partition coefficient (Wildman–Crippen LogP) is 5.51. The fourth-order valence-corrected chi connectivity index (χ4v) is 2.62. The average Bonchev–Trinajstić information content (AvgIpc) is 2.34. The molecular weight excluding hydrogens is 275 g/mol. The normalized spacial score (nSPS) is 12.8. The number of hydrogen-bond donors (Lipinski definition) is 1. The molecule has 21 heavy (non-hydrogen) atoms. The third-order valence-electron chi connectivity index (χ3n) is 3.62. The molecule has 2 aromatic rings. The lowest BCUT2D eigenvalue weighted by Gasteiger charge is -2.24. The molecule has 0 radical (unpaired) electrons. The van der Waals surface area contributed by atoms with E-state index < -0.39 is 11.7 Å². The first-order valence-corrected chi connectivity index (χ1v) is 6.88. The smallest absolute Gasteiger partial charge is 0.388 e. The van der Waals surface area contributed by atoms with Crippen molar-refractivity contribution in [2.75, 3.05) is 12.4 Å². The van der Waals surface area contributed by atoms with Crippen LogP contribution < -0.4 is 5.32 Å². The molecule has 0 saturated carbocycles. The fraction of sp³-hybridized carbons (Fsp3) is 0.412. The first-order chi connectivity index (χ1) is 9.54. The molecule has 1 N–H and O–H groups in total. The van der Waals surface area contributed by atoms with Gasteiger partial charge in [-0.3, -0.25) is 0 Å². The summed E-state index contributed by atoms with van der Waals surface area (Å²) in [6.07, 6.45) is -4.35. The van der Waals surface area contributed by atoms with E-state index >= 15 is 0 Å². The van der Waals surface area contributed by atoms with Crippen LogP contribution in [0.1, 0.15) is 37.5 Å². The molecule has 0 aliphatic heterocycles.